The zero-order chi connectivity index (χ0) is 15.6. The Morgan fingerprint density at radius 2 is 2.00 bits per heavy atom. The minimum Gasteiger partial charge on any atom is -0.398 e. The highest BCUT2D eigenvalue weighted by molar-refractivity contribution is 9.10. The number of nitriles is 1. The Balaban J connectivity index is 2.51. The number of halogens is 1. The molecule has 0 aliphatic rings. The first-order valence-corrected chi connectivity index (χ1v) is 8.20. The highest BCUT2D eigenvalue weighted by atomic mass is 79.9. The van der Waals surface area contributed by atoms with Crippen LogP contribution in [-0.2, 0) is 10.0 Å². The molecule has 0 bridgehead atoms. The lowest BCUT2D eigenvalue weighted by Gasteiger charge is -2.13. The van der Waals surface area contributed by atoms with Crippen molar-refractivity contribution in [2.45, 2.75) is 11.8 Å². The molecular weight excluding hydrogens is 354 g/mol. The van der Waals surface area contributed by atoms with Crippen LogP contribution in [0.25, 0.3) is 0 Å². The van der Waals surface area contributed by atoms with Crippen molar-refractivity contribution in [3.8, 4) is 6.07 Å². The Kier molecular flexibility index (Phi) is 4.21. The average molecular weight is 366 g/mol. The normalized spacial score (nSPS) is 10.9. The third-order valence-corrected chi connectivity index (χ3v) is 4.93. The lowest BCUT2D eigenvalue weighted by Crippen LogP contribution is -2.16. The predicted molar refractivity (Wildman–Crippen MR) is 85.3 cm³/mol. The van der Waals surface area contributed by atoms with Crippen LogP contribution >= 0.6 is 15.9 Å². The van der Waals surface area contributed by atoms with Gasteiger partial charge >= 0.3 is 0 Å². The summed E-state index contributed by atoms with van der Waals surface area (Å²) in [6.45, 7) is 1.66. The summed E-state index contributed by atoms with van der Waals surface area (Å²) in [6.07, 6.45) is 0. The Morgan fingerprint density at radius 3 is 2.62 bits per heavy atom. The first-order valence-electron chi connectivity index (χ1n) is 5.92. The predicted octanol–water partition coefficient (Wildman–Crippen LogP) is 3.01. The summed E-state index contributed by atoms with van der Waals surface area (Å²) in [7, 11) is -3.86. The zero-order valence-electron chi connectivity index (χ0n) is 11.1. The molecule has 0 saturated heterocycles. The van der Waals surface area contributed by atoms with Crippen molar-refractivity contribution in [3.05, 3.63) is 52.0 Å². The summed E-state index contributed by atoms with van der Waals surface area (Å²) in [5.41, 5.74) is 6.90. The van der Waals surface area contributed by atoms with Crippen LogP contribution in [0.5, 0.6) is 0 Å². The number of rotatable bonds is 3. The summed E-state index contributed by atoms with van der Waals surface area (Å²) >= 11 is 3.24. The molecule has 7 heteroatoms. The fourth-order valence-corrected chi connectivity index (χ4v) is 3.74. The first-order chi connectivity index (χ1) is 9.85. The van der Waals surface area contributed by atoms with Crippen LogP contribution < -0.4 is 10.5 Å². The zero-order valence-corrected chi connectivity index (χ0v) is 13.5. The molecule has 0 aromatic heterocycles. The van der Waals surface area contributed by atoms with E-state index in [0.717, 1.165) is 0 Å². The molecule has 0 fully saturated rings. The molecule has 2 aromatic rings. The largest absolute Gasteiger partial charge is 0.398 e. The van der Waals surface area contributed by atoms with E-state index >= 15 is 0 Å². The van der Waals surface area contributed by atoms with Crippen LogP contribution in [0, 0.1) is 18.3 Å². The van der Waals surface area contributed by atoms with Gasteiger partial charge in [-0.2, -0.15) is 5.26 Å². The second kappa shape index (κ2) is 5.76. The van der Waals surface area contributed by atoms with Crippen LogP contribution in [0.15, 0.2) is 45.8 Å². The SMILES string of the molecule is Cc1cccc(N)c1S(=O)(=O)Nc1ccc(Br)cc1C#N. The standard InChI is InChI=1S/C14H12BrN3O2S/c1-9-3-2-4-12(17)14(9)21(19,20)18-13-6-5-11(15)7-10(13)8-16/h2-7,18H,17H2,1H3. The molecule has 2 rings (SSSR count). The average Bonchev–Trinajstić information content (AvgIpc) is 2.40. The number of nitrogen functional groups attached to an aromatic ring is 1. The second-order valence-electron chi connectivity index (χ2n) is 4.40. The topological polar surface area (TPSA) is 96.0 Å². The van der Waals surface area contributed by atoms with Crippen LogP contribution in [0.2, 0.25) is 0 Å². The van der Waals surface area contributed by atoms with Crippen LogP contribution in [0.3, 0.4) is 0 Å². The number of hydrogen-bond donors (Lipinski definition) is 2. The van der Waals surface area contributed by atoms with Crippen molar-refractivity contribution in [1.29, 1.82) is 5.26 Å². The van der Waals surface area contributed by atoms with Gasteiger partial charge in [0.05, 0.1) is 16.9 Å². The number of aryl methyl sites for hydroxylation is 1. The van der Waals surface area contributed by atoms with Gasteiger partial charge in [0.15, 0.2) is 0 Å². The fraction of sp³-hybridized carbons (Fsp3) is 0.0714. The van der Waals surface area contributed by atoms with Crippen LogP contribution in [0.4, 0.5) is 11.4 Å². The van der Waals surface area contributed by atoms with E-state index < -0.39 is 10.0 Å². The Morgan fingerprint density at radius 1 is 1.29 bits per heavy atom. The fourth-order valence-electron chi connectivity index (χ4n) is 1.94. The van der Waals surface area contributed by atoms with Gasteiger partial charge < -0.3 is 5.73 Å². The molecule has 3 N–H and O–H groups in total. The Hall–Kier alpha value is -2.04. The second-order valence-corrected chi connectivity index (χ2v) is 6.94. The van der Waals surface area contributed by atoms with Crippen LogP contribution in [0.1, 0.15) is 11.1 Å². The van der Waals surface area contributed by atoms with Gasteiger partial charge in [0.1, 0.15) is 11.0 Å². The van der Waals surface area contributed by atoms with Gasteiger partial charge in [0.25, 0.3) is 10.0 Å². The smallest absolute Gasteiger partial charge is 0.264 e. The lowest BCUT2D eigenvalue weighted by molar-refractivity contribution is 0.601. The summed E-state index contributed by atoms with van der Waals surface area (Å²) < 4.78 is 28.1. The molecule has 0 amide bonds. The number of benzene rings is 2. The number of hydrogen-bond acceptors (Lipinski definition) is 4. The summed E-state index contributed by atoms with van der Waals surface area (Å²) in [5, 5.41) is 9.09. The molecule has 0 radical (unpaired) electrons. The third-order valence-electron chi connectivity index (χ3n) is 2.86. The van der Waals surface area contributed by atoms with Gasteiger partial charge in [-0.15, -0.1) is 0 Å². The molecule has 0 atom stereocenters. The molecule has 0 spiro atoms. The van der Waals surface area contributed by atoms with Gasteiger partial charge in [-0.05, 0) is 36.8 Å². The Bertz CT molecular complexity index is 822. The number of nitrogens with zero attached hydrogens (tertiary/aromatic N) is 1. The molecule has 21 heavy (non-hydrogen) atoms. The first kappa shape index (κ1) is 15.4. The third kappa shape index (κ3) is 3.17. The number of sulfonamides is 1. The molecule has 0 unspecified atom stereocenters. The number of nitrogens with two attached hydrogens (primary N) is 1. The van der Waals surface area contributed by atoms with E-state index in [1.165, 1.54) is 12.1 Å². The summed E-state index contributed by atoms with van der Waals surface area (Å²) in [6, 6.07) is 11.5. The van der Waals surface area contributed by atoms with Gasteiger partial charge in [0, 0.05) is 4.47 Å². The maximum atomic E-state index is 12.5. The van der Waals surface area contributed by atoms with Crippen molar-refractivity contribution in [3.63, 3.8) is 0 Å². The highest BCUT2D eigenvalue weighted by Gasteiger charge is 2.21. The van der Waals surface area contributed by atoms with Gasteiger partial charge in [0.2, 0.25) is 0 Å². The minimum absolute atomic E-state index is 0.0248. The van der Waals surface area contributed by atoms with Crippen LogP contribution in [-0.4, -0.2) is 8.42 Å². The Labute approximate surface area is 131 Å². The van der Waals surface area contributed by atoms with Crippen molar-refractivity contribution < 1.29 is 8.42 Å². The minimum atomic E-state index is -3.86. The van der Waals surface area contributed by atoms with E-state index in [1.54, 1.807) is 31.2 Å². The van der Waals surface area contributed by atoms with E-state index in [4.69, 9.17) is 11.0 Å². The molecule has 0 aliphatic heterocycles. The van der Waals surface area contributed by atoms with Gasteiger partial charge in [-0.1, -0.05) is 28.1 Å². The monoisotopic (exact) mass is 365 g/mol. The highest BCUT2D eigenvalue weighted by Crippen LogP contribution is 2.27. The number of anilines is 2. The van der Waals surface area contributed by atoms with Gasteiger partial charge in [-0.3, -0.25) is 4.72 Å². The molecule has 0 heterocycles. The van der Waals surface area contributed by atoms with Crippen molar-refractivity contribution in [2.24, 2.45) is 0 Å². The molecule has 0 aliphatic carbocycles. The molecular formula is C14H12BrN3O2S. The molecule has 108 valence electrons. The summed E-state index contributed by atoms with van der Waals surface area (Å²) in [5.74, 6) is 0. The lowest BCUT2D eigenvalue weighted by atomic mass is 10.2. The quantitative estimate of drug-likeness (QED) is 0.817. The van der Waals surface area contributed by atoms with E-state index in [0.29, 0.717) is 10.0 Å². The maximum Gasteiger partial charge on any atom is 0.264 e. The van der Waals surface area contributed by atoms with E-state index in [1.807, 2.05) is 6.07 Å². The van der Waals surface area contributed by atoms with Crippen molar-refractivity contribution in [1.82, 2.24) is 0 Å². The van der Waals surface area contributed by atoms with Crippen molar-refractivity contribution >= 4 is 37.3 Å². The van der Waals surface area contributed by atoms with Gasteiger partial charge in [-0.25, -0.2) is 8.42 Å². The van der Waals surface area contributed by atoms with E-state index in [-0.39, 0.29) is 21.8 Å². The summed E-state index contributed by atoms with van der Waals surface area (Å²) in [4.78, 5) is 0.0248. The molecule has 5 nitrogen and oxygen atoms in total. The van der Waals surface area contributed by atoms with E-state index in [9.17, 15) is 8.42 Å². The molecule has 2 aromatic carbocycles. The maximum absolute atomic E-state index is 12.5. The van der Waals surface area contributed by atoms with E-state index in [2.05, 4.69) is 20.7 Å². The number of nitrogens with one attached hydrogen (secondary N) is 1. The molecule has 0 saturated carbocycles. The van der Waals surface area contributed by atoms with Crippen molar-refractivity contribution in [2.75, 3.05) is 10.5 Å².